The third-order valence-corrected chi connectivity index (χ3v) is 2.64. The van der Waals surface area contributed by atoms with Gasteiger partial charge in [0.2, 0.25) is 11.5 Å². The van der Waals surface area contributed by atoms with E-state index < -0.39 is 5.78 Å². The van der Waals surface area contributed by atoms with Crippen molar-refractivity contribution in [2.45, 2.75) is 0 Å². The van der Waals surface area contributed by atoms with Crippen molar-refractivity contribution in [1.82, 2.24) is 0 Å². The maximum atomic E-state index is 11.9. The molecular weight excluding hydrogens is 262 g/mol. The molecule has 0 aliphatic heterocycles. The summed E-state index contributed by atoms with van der Waals surface area (Å²) in [6.07, 6.45) is 2.99. The van der Waals surface area contributed by atoms with Crippen LogP contribution in [0.3, 0.4) is 0 Å². The van der Waals surface area contributed by atoms with Gasteiger partial charge in [-0.2, -0.15) is 10.4 Å². The molecule has 2 aromatic rings. The molecule has 0 saturated carbocycles. The molecule has 4 heteroatoms. The van der Waals surface area contributed by atoms with Gasteiger partial charge in [0.15, 0.2) is 0 Å². The number of carbonyl (C=O) groups excluding carboxylic acids is 1. The van der Waals surface area contributed by atoms with Crippen LogP contribution in [0.15, 0.2) is 71.8 Å². The Bertz CT molecular complexity index is 698. The van der Waals surface area contributed by atoms with E-state index in [4.69, 9.17) is 5.26 Å². The minimum Gasteiger partial charge on any atom is -0.287 e. The largest absolute Gasteiger partial charge is 0.287 e. The summed E-state index contributed by atoms with van der Waals surface area (Å²) < 4.78 is 0. The summed E-state index contributed by atoms with van der Waals surface area (Å²) in [7, 11) is 0. The Balaban J connectivity index is 2.05. The molecule has 0 aromatic heterocycles. The van der Waals surface area contributed by atoms with E-state index in [0.29, 0.717) is 5.69 Å². The number of ketones is 1. The molecule has 0 saturated heterocycles. The molecule has 1 N–H and O–H groups in total. The van der Waals surface area contributed by atoms with E-state index in [0.717, 1.165) is 5.56 Å². The van der Waals surface area contributed by atoms with Crippen LogP contribution in [-0.4, -0.2) is 11.5 Å². The van der Waals surface area contributed by atoms with Gasteiger partial charge in [-0.05, 0) is 23.8 Å². The van der Waals surface area contributed by atoms with Gasteiger partial charge in [-0.1, -0.05) is 54.6 Å². The Hall–Kier alpha value is -3.19. The van der Waals surface area contributed by atoms with E-state index in [1.54, 1.807) is 24.3 Å². The zero-order valence-corrected chi connectivity index (χ0v) is 11.2. The van der Waals surface area contributed by atoms with E-state index in [9.17, 15) is 4.79 Å². The maximum absolute atomic E-state index is 11.9. The first-order chi connectivity index (χ1) is 10.3. The second-order valence-electron chi connectivity index (χ2n) is 4.16. The Morgan fingerprint density at radius 3 is 2.29 bits per heavy atom. The van der Waals surface area contributed by atoms with Gasteiger partial charge in [0, 0.05) is 0 Å². The van der Waals surface area contributed by atoms with Crippen LogP contribution in [0, 0.1) is 11.3 Å². The first-order valence-corrected chi connectivity index (χ1v) is 6.36. The lowest BCUT2D eigenvalue weighted by Crippen LogP contribution is -2.10. The fourth-order valence-electron chi connectivity index (χ4n) is 1.58. The monoisotopic (exact) mass is 275 g/mol. The average molecular weight is 275 g/mol. The summed E-state index contributed by atoms with van der Waals surface area (Å²) >= 11 is 0. The van der Waals surface area contributed by atoms with Crippen molar-refractivity contribution in [2.75, 3.05) is 5.43 Å². The number of nitrogens with zero attached hydrogens (tertiary/aromatic N) is 2. The highest BCUT2D eigenvalue weighted by Crippen LogP contribution is 2.05. The third kappa shape index (κ3) is 4.44. The van der Waals surface area contributed by atoms with Crippen LogP contribution in [0.5, 0.6) is 0 Å². The predicted molar refractivity (Wildman–Crippen MR) is 83.6 cm³/mol. The minimum atomic E-state index is -0.440. The highest BCUT2D eigenvalue weighted by atomic mass is 16.1. The van der Waals surface area contributed by atoms with E-state index in [1.165, 1.54) is 6.08 Å². The number of anilines is 1. The van der Waals surface area contributed by atoms with Crippen LogP contribution >= 0.6 is 0 Å². The lowest BCUT2D eigenvalue weighted by Gasteiger charge is -1.99. The molecule has 2 rings (SSSR count). The SMILES string of the molecule is N#C/C(=N\Nc1ccccc1)C(=O)/C=C/c1ccccc1. The number of hydrazone groups is 1. The van der Waals surface area contributed by atoms with Gasteiger partial charge < -0.3 is 0 Å². The molecule has 0 amide bonds. The lowest BCUT2D eigenvalue weighted by molar-refractivity contribution is -0.108. The normalized spacial score (nSPS) is 11.1. The molecule has 0 radical (unpaired) electrons. The molecule has 102 valence electrons. The molecule has 0 atom stereocenters. The summed E-state index contributed by atoms with van der Waals surface area (Å²) in [4.78, 5) is 11.9. The van der Waals surface area contributed by atoms with Crippen molar-refractivity contribution >= 4 is 23.3 Å². The fourth-order valence-corrected chi connectivity index (χ4v) is 1.58. The molecule has 0 spiro atoms. The van der Waals surface area contributed by atoms with Gasteiger partial charge in [0.25, 0.3) is 0 Å². The van der Waals surface area contributed by atoms with Gasteiger partial charge in [-0.25, -0.2) is 0 Å². The Morgan fingerprint density at radius 2 is 1.67 bits per heavy atom. The van der Waals surface area contributed by atoms with Crippen LogP contribution in [0.2, 0.25) is 0 Å². The summed E-state index contributed by atoms with van der Waals surface area (Å²) in [5, 5.41) is 12.8. The second-order valence-corrected chi connectivity index (χ2v) is 4.16. The molecule has 0 heterocycles. The molecular formula is C17H13N3O. The smallest absolute Gasteiger partial charge is 0.216 e. The van der Waals surface area contributed by atoms with Crippen molar-refractivity contribution in [3.8, 4) is 6.07 Å². The van der Waals surface area contributed by atoms with Crippen LogP contribution in [0.4, 0.5) is 5.69 Å². The van der Waals surface area contributed by atoms with Crippen molar-refractivity contribution < 1.29 is 4.79 Å². The zero-order valence-electron chi connectivity index (χ0n) is 11.2. The zero-order chi connectivity index (χ0) is 14.9. The lowest BCUT2D eigenvalue weighted by atomic mass is 10.1. The number of benzene rings is 2. The number of allylic oxidation sites excluding steroid dienone is 1. The molecule has 0 fully saturated rings. The molecule has 0 aliphatic rings. The number of hydrogen-bond donors (Lipinski definition) is 1. The van der Waals surface area contributed by atoms with E-state index in [2.05, 4.69) is 10.5 Å². The number of nitrogens with one attached hydrogen (secondary N) is 1. The van der Waals surface area contributed by atoms with Gasteiger partial charge in [0.05, 0.1) is 5.69 Å². The first kappa shape index (κ1) is 14.2. The predicted octanol–water partition coefficient (Wildman–Crippen LogP) is 3.26. The van der Waals surface area contributed by atoms with Crippen molar-refractivity contribution in [3.05, 3.63) is 72.3 Å². The Labute approximate surface area is 123 Å². The summed E-state index contributed by atoms with van der Waals surface area (Å²) in [5.74, 6) is -0.440. The standard InChI is InChI=1S/C17H13N3O/c18-13-16(20-19-15-9-5-2-6-10-15)17(21)12-11-14-7-3-1-4-8-14/h1-12,19H/b12-11+,20-16+. The van der Waals surface area contributed by atoms with E-state index in [1.807, 2.05) is 48.5 Å². The molecule has 21 heavy (non-hydrogen) atoms. The summed E-state index contributed by atoms with van der Waals surface area (Å²) in [6.45, 7) is 0. The van der Waals surface area contributed by atoms with Crippen molar-refractivity contribution in [2.24, 2.45) is 5.10 Å². The van der Waals surface area contributed by atoms with Crippen LogP contribution in [0.25, 0.3) is 6.08 Å². The third-order valence-electron chi connectivity index (χ3n) is 2.64. The number of nitriles is 1. The summed E-state index contributed by atoms with van der Waals surface area (Å²) in [6, 6.07) is 20.3. The molecule has 4 nitrogen and oxygen atoms in total. The number of rotatable bonds is 5. The van der Waals surface area contributed by atoms with Crippen molar-refractivity contribution in [1.29, 1.82) is 5.26 Å². The number of para-hydroxylation sites is 1. The molecule has 2 aromatic carbocycles. The van der Waals surface area contributed by atoms with Gasteiger partial charge in [0.1, 0.15) is 6.07 Å². The topological polar surface area (TPSA) is 65.2 Å². The molecule has 0 bridgehead atoms. The highest BCUT2D eigenvalue weighted by molar-refractivity contribution is 6.50. The average Bonchev–Trinajstić information content (AvgIpc) is 2.55. The Morgan fingerprint density at radius 1 is 1.05 bits per heavy atom. The van der Waals surface area contributed by atoms with Crippen LogP contribution in [-0.2, 0) is 4.79 Å². The van der Waals surface area contributed by atoms with E-state index in [-0.39, 0.29) is 5.71 Å². The van der Waals surface area contributed by atoms with Crippen LogP contribution < -0.4 is 5.43 Å². The van der Waals surface area contributed by atoms with Gasteiger partial charge in [-0.15, -0.1) is 0 Å². The fraction of sp³-hybridized carbons (Fsp3) is 0. The van der Waals surface area contributed by atoms with Gasteiger partial charge in [-0.3, -0.25) is 10.2 Å². The number of hydrogen-bond acceptors (Lipinski definition) is 4. The minimum absolute atomic E-state index is 0.189. The van der Waals surface area contributed by atoms with Crippen LogP contribution in [0.1, 0.15) is 5.56 Å². The summed E-state index contributed by atoms with van der Waals surface area (Å²) in [5.41, 5.74) is 4.10. The second kappa shape index (κ2) is 7.41. The van der Waals surface area contributed by atoms with Crippen molar-refractivity contribution in [3.63, 3.8) is 0 Å². The molecule has 0 aliphatic carbocycles. The highest BCUT2D eigenvalue weighted by Gasteiger charge is 2.06. The Kier molecular flexibility index (Phi) is 5.02. The first-order valence-electron chi connectivity index (χ1n) is 6.36. The number of carbonyl (C=O) groups is 1. The molecule has 0 unspecified atom stereocenters. The maximum Gasteiger partial charge on any atom is 0.216 e. The quantitative estimate of drug-likeness (QED) is 0.517. The van der Waals surface area contributed by atoms with E-state index >= 15 is 0 Å². The van der Waals surface area contributed by atoms with Gasteiger partial charge >= 0.3 is 0 Å².